The Balaban J connectivity index is 2.09. The summed E-state index contributed by atoms with van der Waals surface area (Å²) in [5.74, 6) is -1.21. The zero-order valence-electron chi connectivity index (χ0n) is 23.0. The Kier molecular flexibility index (Phi) is 10.9. The lowest BCUT2D eigenvalue weighted by molar-refractivity contribution is -0.143. The molecule has 1 aromatic heterocycles. The van der Waals surface area contributed by atoms with Crippen LogP contribution < -0.4 is 16.0 Å². The number of aryl methyl sites for hydroxylation is 1. The number of hydrogen-bond acceptors (Lipinski definition) is 7. The molecule has 1 aromatic carbocycles. The molecule has 0 aliphatic heterocycles. The normalized spacial score (nSPS) is 12.3. The molecule has 0 aliphatic rings. The highest BCUT2D eigenvalue weighted by molar-refractivity contribution is 5.98. The third-order valence-corrected chi connectivity index (χ3v) is 5.31. The smallest absolute Gasteiger partial charge is 0.408 e. The van der Waals surface area contributed by atoms with Gasteiger partial charge >= 0.3 is 12.1 Å². The summed E-state index contributed by atoms with van der Waals surface area (Å²) in [7, 11) is 0. The van der Waals surface area contributed by atoms with Crippen molar-refractivity contribution >= 4 is 29.7 Å². The minimum atomic E-state index is -1.35. The number of carbonyl (C=O) groups excluding carboxylic acids is 4. The van der Waals surface area contributed by atoms with Crippen molar-refractivity contribution in [3.8, 4) is 0 Å². The molecule has 3 amide bonds. The van der Waals surface area contributed by atoms with E-state index in [9.17, 15) is 19.2 Å². The van der Waals surface area contributed by atoms with Gasteiger partial charge in [-0.1, -0.05) is 30.3 Å². The van der Waals surface area contributed by atoms with Gasteiger partial charge in [0.1, 0.15) is 23.7 Å². The second-order valence-electron chi connectivity index (χ2n) is 10.4. The molecular formula is C27H39N5O6. The zero-order valence-corrected chi connectivity index (χ0v) is 23.0. The van der Waals surface area contributed by atoms with E-state index in [2.05, 4.69) is 20.9 Å². The number of rotatable bonds is 12. The molecule has 0 fully saturated rings. The van der Waals surface area contributed by atoms with Gasteiger partial charge in [-0.25, -0.2) is 9.78 Å². The lowest BCUT2D eigenvalue weighted by Crippen LogP contribution is -2.58. The molecule has 208 valence electrons. The molecule has 1 unspecified atom stereocenters. The molecule has 0 radical (unpaired) electrons. The number of nitrogens with one attached hydrogen (secondary N) is 3. The number of nitrogens with zero attached hydrogens (tertiary/aromatic N) is 2. The van der Waals surface area contributed by atoms with Gasteiger partial charge in [0.25, 0.3) is 0 Å². The number of hydrogen-bond donors (Lipinski definition) is 3. The first-order chi connectivity index (χ1) is 17.8. The predicted octanol–water partition coefficient (Wildman–Crippen LogP) is 3.20. The van der Waals surface area contributed by atoms with Gasteiger partial charge in [-0.15, -0.1) is 0 Å². The predicted molar refractivity (Wildman–Crippen MR) is 142 cm³/mol. The van der Waals surface area contributed by atoms with Gasteiger partial charge in [0.15, 0.2) is 5.82 Å². The fraction of sp³-hybridized carbons (Fsp3) is 0.519. The molecule has 2 rings (SSSR count). The number of aromatic nitrogens is 2. The molecule has 38 heavy (non-hydrogen) atoms. The van der Waals surface area contributed by atoms with Crippen LogP contribution in [0.15, 0.2) is 42.9 Å². The average Bonchev–Trinajstić information content (AvgIpc) is 3.23. The molecule has 1 heterocycles. The first-order valence-corrected chi connectivity index (χ1v) is 12.6. The fourth-order valence-corrected chi connectivity index (χ4v) is 3.46. The topological polar surface area (TPSA) is 141 Å². The molecule has 0 saturated carbocycles. The summed E-state index contributed by atoms with van der Waals surface area (Å²) in [5, 5.41) is 8.01. The number of esters is 1. The second-order valence-corrected chi connectivity index (χ2v) is 10.4. The third kappa shape index (κ3) is 10.6. The molecule has 3 N–H and O–H groups in total. The number of amides is 3. The molecule has 0 bridgehead atoms. The van der Waals surface area contributed by atoms with Crippen LogP contribution in [-0.2, 0) is 36.8 Å². The van der Waals surface area contributed by atoms with Crippen molar-refractivity contribution in [2.24, 2.45) is 0 Å². The summed E-state index contributed by atoms with van der Waals surface area (Å²) < 4.78 is 11.7. The van der Waals surface area contributed by atoms with Crippen LogP contribution in [0.1, 0.15) is 59.9 Å². The van der Waals surface area contributed by atoms with E-state index >= 15 is 0 Å². The van der Waals surface area contributed by atoms with Gasteiger partial charge in [0.05, 0.1) is 12.9 Å². The van der Waals surface area contributed by atoms with E-state index in [1.807, 2.05) is 30.3 Å². The molecule has 1 atom stereocenters. The Labute approximate surface area is 223 Å². The Hall–Kier alpha value is -3.89. The Morgan fingerprint density at radius 1 is 1.05 bits per heavy atom. The Morgan fingerprint density at radius 2 is 1.74 bits per heavy atom. The summed E-state index contributed by atoms with van der Waals surface area (Å²) in [6.45, 7) is 10.2. The van der Waals surface area contributed by atoms with Gasteiger partial charge < -0.3 is 30.0 Å². The van der Waals surface area contributed by atoms with Gasteiger partial charge in [-0.2, -0.15) is 0 Å². The van der Waals surface area contributed by atoms with Crippen LogP contribution in [0.3, 0.4) is 0 Å². The monoisotopic (exact) mass is 529 g/mol. The summed E-state index contributed by atoms with van der Waals surface area (Å²) in [6.07, 6.45) is 3.86. The fourth-order valence-electron chi connectivity index (χ4n) is 3.46. The van der Waals surface area contributed by atoms with Crippen LogP contribution in [0.2, 0.25) is 0 Å². The maximum absolute atomic E-state index is 13.2. The van der Waals surface area contributed by atoms with Crippen molar-refractivity contribution in [2.75, 3.05) is 11.9 Å². The number of alkyl carbamates (subject to hydrolysis) is 1. The van der Waals surface area contributed by atoms with E-state index < -0.39 is 41.1 Å². The van der Waals surface area contributed by atoms with E-state index in [0.717, 1.165) is 5.56 Å². The van der Waals surface area contributed by atoms with Crippen molar-refractivity contribution in [1.82, 2.24) is 20.2 Å². The summed E-state index contributed by atoms with van der Waals surface area (Å²) in [4.78, 5) is 54.4. The lowest BCUT2D eigenvalue weighted by Gasteiger charge is -2.29. The van der Waals surface area contributed by atoms with E-state index in [-0.39, 0.29) is 19.0 Å². The van der Waals surface area contributed by atoms with Gasteiger partial charge in [0.2, 0.25) is 11.8 Å². The molecule has 2 aromatic rings. The first kappa shape index (κ1) is 30.3. The molecule has 0 saturated heterocycles. The number of carbonyl (C=O) groups is 4. The van der Waals surface area contributed by atoms with E-state index in [0.29, 0.717) is 19.3 Å². The van der Waals surface area contributed by atoms with E-state index in [4.69, 9.17) is 9.47 Å². The molecule has 0 spiro atoms. The average molecular weight is 530 g/mol. The largest absolute Gasteiger partial charge is 0.465 e. The Bertz CT molecular complexity index is 1090. The van der Waals surface area contributed by atoms with Gasteiger partial charge in [-0.05, 0) is 66.4 Å². The van der Waals surface area contributed by atoms with Crippen LogP contribution >= 0.6 is 0 Å². The van der Waals surface area contributed by atoms with Crippen molar-refractivity contribution in [1.29, 1.82) is 0 Å². The van der Waals surface area contributed by atoms with Gasteiger partial charge in [-0.3, -0.25) is 14.4 Å². The van der Waals surface area contributed by atoms with Crippen molar-refractivity contribution in [3.63, 3.8) is 0 Å². The molecule has 11 heteroatoms. The standard InChI is InChI=1S/C27H39N5O6/c1-7-37-22(33)17-32-16-21(28-18-32)30-23(34)20(15-11-14-19-12-9-8-10-13-19)29-24(35)27(5,6)31-25(36)38-26(2,3)4/h8-10,12-13,16,18,20H,7,11,14-15,17H2,1-6H3,(H,29,35)(H,30,34)(H,31,36). The van der Waals surface area contributed by atoms with E-state index in [1.165, 1.54) is 30.9 Å². The first-order valence-electron chi connectivity index (χ1n) is 12.6. The summed E-state index contributed by atoms with van der Waals surface area (Å²) in [6, 6.07) is 8.91. The van der Waals surface area contributed by atoms with Crippen LogP contribution in [0, 0.1) is 0 Å². The number of anilines is 1. The Morgan fingerprint density at radius 3 is 2.37 bits per heavy atom. The minimum Gasteiger partial charge on any atom is -0.465 e. The van der Waals surface area contributed by atoms with Crippen LogP contribution in [0.4, 0.5) is 10.6 Å². The highest BCUT2D eigenvalue weighted by Crippen LogP contribution is 2.13. The van der Waals surface area contributed by atoms with Crippen molar-refractivity contribution in [3.05, 3.63) is 48.4 Å². The summed E-state index contributed by atoms with van der Waals surface area (Å²) >= 11 is 0. The van der Waals surface area contributed by atoms with Crippen molar-refractivity contribution in [2.45, 2.75) is 84.5 Å². The molecule has 11 nitrogen and oxygen atoms in total. The number of imidazole rings is 1. The lowest BCUT2D eigenvalue weighted by atomic mass is 10.0. The highest BCUT2D eigenvalue weighted by Gasteiger charge is 2.34. The van der Waals surface area contributed by atoms with Gasteiger partial charge in [0, 0.05) is 6.20 Å². The minimum absolute atomic E-state index is 0.0432. The maximum atomic E-state index is 13.2. The van der Waals surface area contributed by atoms with Crippen LogP contribution in [0.5, 0.6) is 0 Å². The third-order valence-electron chi connectivity index (χ3n) is 5.31. The number of ether oxygens (including phenoxy) is 2. The second kappa shape index (κ2) is 13.6. The van der Waals surface area contributed by atoms with Crippen LogP contribution in [-0.4, -0.2) is 57.2 Å². The quantitative estimate of drug-likeness (QED) is 0.359. The SMILES string of the molecule is CCOC(=O)Cn1cnc(NC(=O)C(CCCc2ccccc2)NC(=O)C(C)(C)NC(=O)OC(C)(C)C)c1. The number of benzene rings is 1. The molecule has 0 aliphatic carbocycles. The molecular weight excluding hydrogens is 490 g/mol. The summed E-state index contributed by atoms with van der Waals surface area (Å²) in [5.41, 5.74) is -0.961. The van der Waals surface area contributed by atoms with Crippen molar-refractivity contribution < 1.29 is 28.7 Å². The van der Waals surface area contributed by atoms with E-state index in [1.54, 1.807) is 27.7 Å². The van der Waals surface area contributed by atoms with Crippen LogP contribution in [0.25, 0.3) is 0 Å². The zero-order chi connectivity index (χ0) is 28.3. The highest BCUT2D eigenvalue weighted by atomic mass is 16.6. The maximum Gasteiger partial charge on any atom is 0.408 e.